The van der Waals surface area contributed by atoms with Gasteiger partial charge in [-0.2, -0.15) is 4.98 Å². The molecule has 0 unspecified atom stereocenters. The molecule has 10 heteroatoms. The summed E-state index contributed by atoms with van der Waals surface area (Å²) in [6, 6.07) is 3.84. The molecule has 0 aromatic carbocycles. The van der Waals surface area contributed by atoms with Crippen molar-refractivity contribution in [2.75, 3.05) is 38.5 Å². The number of aromatic nitrogens is 4. The zero-order valence-corrected chi connectivity index (χ0v) is 19.2. The predicted octanol–water partition coefficient (Wildman–Crippen LogP) is 0.698. The lowest BCUT2D eigenvalue weighted by molar-refractivity contribution is -0.883. The third kappa shape index (κ3) is 4.06. The van der Waals surface area contributed by atoms with Gasteiger partial charge < -0.3 is 30.0 Å². The van der Waals surface area contributed by atoms with Crippen molar-refractivity contribution in [1.82, 2.24) is 24.0 Å². The average Bonchev–Trinajstić information content (AvgIpc) is 3.52. The van der Waals surface area contributed by atoms with E-state index in [2.05, 4.69) is 17.3 Å². The molecule has 1 saturated heterocycles. The second-order valence-corrected chi connectivity index (χ2v) is 9.27. The van der Waals surface area contributed by atoms with Crippen LogP contribution in [0.25, 0.3) is 11.0 Å². The van der Waals surface area contributed by atoms with Crippen molar-refractivity contribution in [3.8, 4) is 0 Å². The van der Waals surface area contributed by atoms with E-state index in [4.69, 9.17) is 10.7 Å². The van der Waals surface area contributed by atoms with E-state index < -0.39 is 5.91 Å². The highest BCUT2D eigenvalue weighted by molar-refractivity contribution is 5.97. The fraction of sp³-hybridized carbons (Fsp3) is 0.478. The number of likely N-dealkylation sites (N-methyl/N-ethyl adjacent to an activating group) is 1. The molecule has 2 fully saturated rings. The van der Waals surface area contributed by atoms with Crippen LogP contribution in [0.15, 0.2) is 24.5 Å². The Labute approximate surface area is 192 Å². The zero-order chi connectivity index (χ0) is 23.1. The van der Waals surface area contributed by atoms with Crippen molar-refractivity contribution in [3.63, 3.8) is 0 Å². The Morgan fingerprint density at radius 2 is 1.88 bits per heavy atom. The number of carbonyl (C=O) groups is 2. The SMILES string of the molecule is Cn1cc(Nc2ncc3cc(C(N)=O)n(C4CCCC4)c3n2)cc1C(=O)N1CC[NH+](C)CC1. The van der Waals surface area contributed by atoms with E-state index >= 15 is 0 Å². The van der Waals surface area contributed by atoms with Gasteiger partial charge in [0.05, 0.1) is 38.9 Å². The van der Waals surface area contributed by atoms with Crippen LogP contribution in [0.3, 0.4) is 0 Å². The molecule has 10 nitrogen and oxygen atoms in total. The van der Waals surface area contributed by atoms with Gasteiger partial charge in [-0.3, -0.25) is 9.59 Å². The molecule has 1 saturated carbocycles. The molecule has 5 rings (SSSR count). The highest BCUT2D eigenvalue weighted by atomic mass is 16.2. The molecule has 0 atom stereocenters. The summed E-state index contributed by atoms with van der Waals surface area (Å²) in [6.07, 6.45) is 7.86. The van der Waals surface area contributed by atoms with Crippen molar-refractivity contribution in [2.24, 2.45) is 12.8 Å². The molecule has 1 aliphatic heterocycles. The van der Waals surface area contributed by atoms with Gasteiger partial charge in [0.1, 0.15) is 17.0 Å². The Kier molecular flexibility index (Phi) is 5.53. The molecular weight excluding hydrogens is 420 g/mol. The van der Waals surface area contributed by atoms with Crippen LogP contribution in [-0.4, -0.2) is 69.0 Å². The lowest BCUT2D eigenvalue weighted by Gasteiger charge is -2.30. The molecule has 2 aliphatic rings. The number of anilines is 2. The molecular formula is C23H31N8O2+. The van der Waals surface area contributed by atoms with Crippen LogP contribution in [0, 0.1) is 0 Å². The number of hydrogen-bond acceptors (Lipinski definition) is 5. The monoisotopic (exact) mass is 451 g/mol. The van der Waals surface area contributed by atoms with Crippen LogP contribution in [0.1, 0.15) is 52.7 Å². The molecule has 4 heterocycles. The van der Waals surface area contributed by atoms with Gasteiger partial charge in [-0.1, -0.05) is 12.8 Å². The van der Waals surface area contributed by atoms with Crippen LogP contribution < -0.4 is 16.0 Å². The first kappa shape index (κ1) is 21.4. The summed E-state index contributed by atoms with van der Waals surface area (Å²) in [5.74, 6) is 0.00502. The van der Waals surface area contributed by atoms with Crippen molar-refractivity contribution < 1.29 is 14.5 Å². The van der Waals surface area contributed by atoms with Gasteiger partial charge in [0.15, 0.2) is 0 Å². The summed E-state index contributed by atoms with van der Waals surface area (Å²) in [4.78, 5) is 37.6. The predicted molar refractivity (Wildman–Crippen MR) is 125 cm³/mol. The molecule has 2 amide bonds. The van der Waals surface area contributed by atoms with E-state index in [1.807, 2.05) is 33.3 Å². The topological polar surface area (TPSA) is 116 Å². The fourth-order valence-electron chi connectivity index (χ4n) is 5.02. The molecule has 0 bridgehead atoms. The average molecular weight is 452 g/mol. The highest BCUT2D eigenvalue weighted by Gasteiger charge is 2.26. The van der Waals surface area contributed by atoms with E-state index in [1.165, 1.54) is 4.90 Å². The number of piperazine rings is 1. The summed E-state index contributed by atoms with van der Waals surface area (Å²) >= 11 is 0. The number of carbonyl (C=O) groups excluding carboxylic acids is 2. The van der Waals surface area contributed by atoms with Crippen LogP contribution in [-0.2, 0) is 7.05 Å². The summed E-state index contributed by atoms with van der Waals surface area (Å²) in [5, 5.41) is 4.02. The lowest BCUT2D eigenvalue weighted by Crippen LogP contribution is -3.12. The van der Waals surface area contributed by atoms with Crippen molar-refractivity contribution >= 4 is 34.5 Å². The Bertz CT molecular complexity index is 1200. The van der Waals surface area contributed by atoms with Gasteiger partial charge in [0, 0.05) is 30.9 Å². The largest absolute Gasteiger partial charge is 0.364 e. The summed E-state index contributed by atoms with van der Waals surface area (Å²) < 4.78 is 3.81. The van der Waals surface area contributed by atoms with Gasteiger partial charge in [-0.15, -0.1) is 0 Å². The number of amides is 2. The van der Waals surface area contributed by atoms with E-state index in [9.17, 15) is 9.59 Å². The minimum atomic E-state index is -0.453. The molecule has 3 aromatic heterocycles. The van der Waals surface area contributed by atoms with Crippen LogP contribution in [0.4, 0.5) is 11.6 Å². The Morgan fingerprint density at radius 1 is 1.15 bits per heavy atom. The van der Waals surface area contributed by atoms with Crippen LogP contribution in [0.2, 0.25) is 0 Å². The molecule has 4 N–H and O–H groups in total. The molecule has 1 aliphatic carbocycles. The molecule has 33 heavy (non-hydrogen) atoms. The number of nitrogens with two attached hydrogens (primary N) is 1. The van der Waals surface area contributed by atoms with Gasteiger partial charge in [0.25, 0.3) is 11.8 Å². The number of fused-ring (bicyclic) bond motifs is 1. The van der Waals surface area contributed by atoms with Crippen molar-refractivity contribution in [3.05, 3.63) is 35.9 Å². The summed E-state index contributed by atoms with van der Waals surface area (Å²) in [7, 11) is 4.02. The number of nitrogens with zero attached hydrogens (tertiary/aromatic N) is 5. The first-order valence-corrected chi connectivity index (χ1v) is 11.6. The molecule has 0 spiro atoms. The van der Waals surface area contributed by atoms with Crippen molar-refractivity contribution in [1.29, 1.82) is 0 Å². The molecule has 0 radical (unpaired) electrons. The maximum Gasteiger partial charge on any atom is 0.270 e. The van der Waals surface area contributed by atoms with Gasteiger partial charge >= 0.3 is 0 Å². The number of rotatable bonds is 5. The summed E-state index contributed by atoms with van der Waals surface area (Å²) in [5.41, 5.74) is 8.22. The first-order chi connectivity index (χ1) is 15.9. The second kappa shape index (κ2) is 8.51. The van der Waals surface area contributed by atoms with E-state index in [-0.39, 0.29) is 11.9 Å². The van der Waals surface area contributed by atoms with E-state index in [1.54, 1.807) is 12.3 Å². The number of primary amides is 1. The normalized spacial score (nSPS) is 17.7. The van der Waals surface area contributed by atoms with Gasteiger partial charge in [-0.05, 0) is 25.0 Å². The quantitative estimate of drug-likeness (QED) is 0.528. The Morgan fingerprint density at radius 3 is 2.58 bits per heavy atom. The lowest BCUT2D eigenvalue weighted by atomic mass is 10.2. The number of quaternary nitrogens is 1. The van der Waals surface area contributed by atoms with Gasteiger partial charge in [0.2, 0.25) is 5.95 Å². The third-order valence-corrected chi connectivity index (χ3v) is 6.90. The van der Waals surface area contributed by atoms with E-state index in [0.29, 0.717) is 23.0 Å². The number of hydrogen-bond donors (Lipinski definition) is 3. The smallest absolute Gasteiger partial charge is 0.270 e. The molecule has 174 valence electrons. The van der Waals surface area contributed by atoms with Crippen molar-refractivity contribution in [2.45, 2.75) is 31.7 Å². The Hall–Kier alpha value is -3.40. The maximum absolute atomic E-state index is 13.0. The van der Waals surface area contributed by atoms with E-state index in [0.717, 1.165) is 62.9 Å². The Balaban J connectivity index is 1.41. The molecule has 3 aromatic rings. The summed E-state index contributed by atoms with van der Waals surface area (Å²) in [6.45, 7) is 3.45. The van der Waals surface area contributed by atoms with Crippen LogP contribution >= 0.6 is 0 Å². The maximum atomic E-state index is 13.0. The van der Waals surface area contributed by atoms with Crippen LogP contribution in [0.5, 0.6) is 0 Å². The fourth-order valence-corrected chi connectivity index (χ4v) is 5.02. The second-order valence-electron chi connectivity index (χ2n) is 9.27. The highest BCUT2D eigenvalue weighted by Crippen LogP contribution is 2.34. The standard InChI is InChI=1S/C23H30N8O2/c1-28-7-9-30(10-8-28)22(33)19-12-16(14-29(19)2)26-23-25-13-15-11-18(20(24)32)31(21(15)27-23)17-5-3-4-6-17/h11-14,17H,3-10H2,1-2H3,(H2,24,32)(H,25,26,27)/p+1. The van der Waals surface area contributed by atoms with Gasteiger partial charge in [-0.25, -0.2) is 4.98 Å². The number of aryl methyl sites for hydroxylation is 1. The minimum absolute atomic E-state index is 0.0376. The third-order valence-electron chi connectivity index (χ3n) is 6.90. The minimum Gasteiger partial charge on any atom is -0.364 e. The first-order valence-electron chi connectivity index (χ1n) is 11.6. The zero-order valence-electron chi connectivity index (χ0n) is 19.2. The number of nitrogens with one attached hydrogen (secondary N) is 2.